The minimum absolute atomic E-state index is 0.294. The summed E-state index contributed by atoms with van der Waals surface area (Å²) in [7, 11) is 0. The van der Waals surface area contributed by atoms with Crippen molar-refractivity contribution in [1.82, 2.24) is 0 Å². The summed E-state index contributed by atoms with van der Waals surface area (Å²) in [6.07, 6.45) is 0. The molecule has 6 heteroatoms. The average molecular weight is 548 g/mol. The Morgan fingerprint density at radius 1 is 0.531 bits per heavy atom. The minimum Gasteiger partial charge on any atom is -0.418 e. The predicted molar refractivity (Wildman–Crippen MR) is 128 cm³/mol. The van der Waals surface area contributed by atoms with E-state index >= 15 is 0 Å². The van der Waals surface area contributed by atoms with Gasteiger partial charge in [0, 0.05) is 19.4 Å². The number of hydrogen-bond donors (Lipinski definition) is 0. The molecule has 154 valence electrons. The number of halogens is 2. The predicted octanol–water partition coefficient (Wildman–Crippen LogP) is 4.60. The molecule has 0 fully saturated rings. The number of rotatable bonds is 2. The molecule has 0 unspecified atom stereocenters. The zero-order chi connectivity index (χ0) is 22.0. The molecule has 4 aromatic carbocycles. The quantitative estimate of drug-likeness (QED) is 0.272. The lowest BCUT2D eigenvalue weighted by molar-refractivity contribution is -0.129. The molecule has 0 saturated heterocycles. The Morgan fingerprint density at radius 2 is 0.906 bits per heavy atom. The van der Waals surface area contributed by atoms with Gasteiger partial charge >= 0.3 is 11.9 Å². The van der Waals surface area contributed by atoms with E-state index in [1.54, 1.807) is 0 Å². The first-order chi connectivity index (χ1) is 15.5. The highest BCUT2D eigenvalue weighted by Gasteiger charge is 2.36. The van der Waals surface area contributed by atoms with Gasteiger partial charge in [-0.15, -0.1) is 0 Å². The van der Waals surface area contributed by atoms with E-state index in [9.17, 15) is 9.59 Å². The Balaban J connectivity index is 1.80. The third-order valence-electron chi connectivity index (χ3n) is 5.69. The van der Waals surface area contributed by atoms with Gasteiger partial charge in [-0.3, -0.25) is 0 Å². The second-order valence-corrected chi connectivity index (χ2v) is 9.33. The summed E-state index contributed by atoms with van der Waals surface area (Å²) in [5.74, 6) is -0.341. The van der Waals surface area contributed by atoms with Gasteiger partial charge in [0.05, 0.1) is 11.1 Å². The fourth-order valence-electron chi connectivity index (χ4n) is 4.33. The standard InChI is InChI=1S/C26H12Br2O4/c27-15-9-5-13(6-10-15)19-21-17-3-1-2-4-18(17)22-20(14-7-11-16(28)12-8-14)26(30)32-24(22)23(21)31-25(19)29/h1-12H. The van der Waals surface area contributed by atoms with Crippen LogP contribution in [0.3, 0.4) is 0 Å². The van der Waals surface area contributed by atoms with Crippen LogP contribution >= 0.6 is 31.9 Å². The zero-order valence-corrected chi connectivity index (χ0v) is 19.5. The van der Waals surface area contributed by atoms with Crippen molar-refractivity contribution in [2.24, 2.45) is 0 Å². The number of carbonyl (C=O) groups excluding carboxylic acids is 2. The summed E-state index contributed by atoms with van der Waals surface area (Å²) < 4.78 is 13.3. The third-order valence-corrected chi connectivity index (χ3v) is 6.75. The Morgan fingerprint density at radius 3 is 1.28 bits per heavy atom. The maximum absolute atomic E-state index is 13.0. The van der Waals surface area contributed by atoms with E-state index in [0.717, 1.165) is 30.8 Å². The molecule has 0 aliphatic carbocycles. The molecule has 0 spiro atoms. The SMILES string of the molecule is O=C1Oc2c3c(c4ccccc4c2=C1c1ccc(Br)cc1)=C(c1ccc(Br)cc1)C(=O)O3. The zero-order valence-electron chi connectivity index (χ0n) is 16.3. The van der Waals surface area contributed by atoms with Crippen LogP contribution in [0.5, 0.6) is 11.5 Å². The van der Waals surface area contributed by atoms with E-state index in [1.165, 1.54) is 0 Å². The van der Waals surface area contributed by atoms with Crippen molar-refractivity contribution >= 4 is 65.7 Å². The van der Waals surface area contributed by atoms with Crippen LogP contribution in [0.1, 0.15) is 11.1 Å². The van der Waals surface area contributed by atoms with Gasteiger partial charge in [-0.25, -0.2) is 9.59 Å². The first kappa shape index (κ1) is 19.5. The maximum atomic E-state index is 13.0. The second-order valence-electron chi connectivity index (χ2n) is 7.50. The molecule has 0 bridgehead atoms. The van der Waals surface area contributed by atoms with Crippen LogP contribution in [0.15, 0.2) is 81.7 Å². The van der Waals surface area contributed by atoms with Crippen LogP contribution in [-0.2, 0) is 9.59 Å². The second kappa shape index (κ2) is 7.15. The van der Waals surface area contributed by atoms with Crippen LogP contribution in [0, 0.1) is 0 Å². The van der Waals surface area contributed by atoms with E-state index < -0.39 is 11.9 Å². The van der Waals surface area contributed by atoms with Crippen molar-refractivity contribution in [2.75, 3.05) is 0 Å². The van der Waals surface area contributed by atoms with E-state index in [-0.39, 0.29) is 0 Å². The number of ether oxygens (including phenoxy) is 2. The van der Waals surface area contributed by atoms with Crippen LogP contribution in [0.25, 0.3) is 21.9 Å². The summed E-state index contributed by atoms with van der Waals surface area (Å²) in [6.45, 7) is 0. The van der Waals surface area contributed by atoms with Crippen LogP contribution in [0.2, 0.25) is 0 Å². The van der Waals surface area contributed by atoms with Gasteiger partial charge in [-0.05, 0) is 46.2 Å². The molecule has 2 aliphatic heterocycles. The number of fused-ring (bicyclic) bond motifs is 6. The highest BCUT2D eigenvalue weighted by atomic mass is 79.9. The van der Waals surface area contributed by atoms with E-state index in [2.05, 4.69) is 31.9 Å². The fourth-order valence-corrected chi connectivity index (χ4v) is 4.86. The molecule has 2 heterocycles. The molecule has 2 aliphatic rings. The van der Waals surface area contributed by atoms with E-state index in [4.69, 9.17) is 9.47 Å². The Hall–Kier alpha value is -3.22. The molecule has 32 heavy (non-hydrogen) atoms. The normalized spacial score (nSPS) is 14.4. The Labute approximate surface area is 199 Å². The lowest BCUT2D eigenvalue weighted by Crippen LogP contribution is -2.14. The van der Waals surface area contributed by atoms with Gasteiger partial charge < -0.3 is 9.47 Å². The highest BCUT2D eigenvalue weighted by molar-refractivity contribution is 9.10. The summed E-state index contributed by atoms with van der Waals surface area (Å²) in [6, 6.07) is 22.7. The Bertz CT molecular complexity index is 1480. The van der Waals surface area contributed by atoms with Gasteiger partial charge in [-0.1, -0.05) is 80.4 Å². The molecule has 0 radical (unpaired) electrons. The number of hydrogen-bond acceptors (Lipinski definition) is 4. The first-order valence-corrected chi connectivity index (χ1v) is 11.4. The molecule has 0 aromatic heterocycles. The van der Waals surface area contributed by atoms with Crippen LogP contribution < -0.4 is 19.9 Å². The molecule has 0 amide bonds. The van der Waals surface area contributed by atoms with Crippen molar-refractivity contribution in [3.63, 3.8) is 0 Å². The molecule has 4 nitrogen and oxygen atoms in total. The molecule has 0 saturated carbocycles. The van der Waals surface area contributed by atoms with Gasteiger partial charge in [0.2, 0.25) is 0 Å². The van der Waals surface area contributed by atoms with Crippen LogP contribution in [-0.4, -0.2) is 11.9 Å². The lowest BCUT2D eigenvalue weighted by Gasteiger charge is -2.05. The topological polar surface area (TPSA) is 52.6 Å². The number of esters is 2. The van der Waals surface area contributed by atoms with Crippen molar-refractivity contribution < 1.29 is 19.1 Å². The highest BCUT2D eigenvalue weighted by Crippen LogP contribution is 2.36. The first-order valence-electron chi connectivity index (χ1n) is 9.82. The Kier molecular flexibility index (Phi) is 4.35. The number of benzene rings is 4. The molecular formula is C26H12Br2O4. The van der Waals surface area contributed by atoms with Crippen molar-refractivity contribution in [1.29, 1.82) is 0 Å². The maximum Gasteiger partial charge on any atom is 0.345 e. The summed E-state index contributed by atoms with van der Waals surface area (Å²) >= 11 is 6.86. The van der Waals surface area contributed by atoms with Gasteiger partial charge in [-0.2, -0.15) is 0 Å². The number of carbonyl (C=O) groups is 2. The van der Waals surface area contributed by atoms with Gasteiger partial charge in [0.1, 0.15) is 0 Å². The van der Waals surface area contributed by atoms with Crippen molar-refractivity contribution in [3.05, 3.63) is 103 Å². The molecule has 6 rings (SSSR count). The van der Waals surface area contributed by atoms with Crippen LogP contribution in [0.4, 0.5) is 0 Å². The van der Waals surface area contributed by atoms with Gasteiger partial charge in [0.15, 0.2) is 11.5 Å². The largest absolute Gasteiger partial charge is 0.418 e. The molecule has 0 atom stereocenters. The summed E-state index contributed by atoms with van der Waals surface area (Å²) in [5, 5.41) is 2.96. The minimum atomic E-state index is -0.464. The fraction of sp³-hybridized carbons (Fsp3) is 0. The molecular weight excluding hydrogens is 536 g/mol. The van der Waals surface area contributed by atoms with E-state index in [1.807, 2.05) is 72.8 Å². The van der Waals surface area contributed by atoms with Crippen molar-refractivity contribution in [2.45, 2.75) is 0 Å². The lowest BCUT2D eigenvalue weighted by atomic mass is 9.95. The van der Waals surface area contributed by atoms with E-state index in [0.29, 0.717) is 33.1 Å². The summed E-state index contributed by atoms with van der Waals surface area (Å²) in [4.78, 5) is 26.0. The molecule has 0 N–H and O–H groups in total. The van der Waals surface area contributed by atoms with Crippen molar-refractivity contribution in [3.8, 4) is 11.5 Å². The average Bonchev–Trinajstić information content (AvgIpc) is 3.32. The monoisotopic (exact) mass is 546 g/mol. The third kappa shape index (κ3) is 2.80. The smallest absolute Gasteiger partial charge is 0.345 e. The van der Waals surface area contributed by atoms with Gasteiger partial charge in [0.25, 0.3) is 0 Å². The summed E-state index contributed by atoms with van der Waals surface area (Å²) in [5.41, 5.74) is 2.39. The molecule has 4 aromatic rings.